The number of likely N-dealkylation sites (N-methyl/N-ethyl adjacent to an activating group) is 1. The lowest BCUT2D eigenvalue weighted by Gasteiger charge is -2.30. The molecule has 2 aromatic heterocycles. The van der Waals surface area contributed by atoms with E-state index in [0.717, 1.165) is 36.8 Å². The van der Waals surface area contributed by atoms with Gasteiger partial charge in [0.2, 0.25) is 0 Å². The number of aromatic hydroxyl groups is 1. The first-order valence-electron chi connectivity index (χ1n) is 8.93. The van der Waals surface area contributed by atoms with Crippen molar-refractivity contribution < 1.29 is 5.11 Å². The van der Waals surface area contributed by atoms with Gasteiger partial charge in [-0.25, -0.2) is 4.85 Å². The first-order valence-corrected chi connectivity index (χ1v) is 8.93. The molecular formula is C20H20N6O. The molecule has 3 heterocycles. The third-order valence-corrected chi connectivity index (χ3v) is 4.87. The number of hydrogen-bond donors (Lipinski definition) is 2. The summed E-state index contributed by atoms with van der Waals surface area (Å²) in [6.07, 6.45) is 3.96. The molecule has 7 nitrogen and oxygen atoms in total. The van der Waals surface area contributed by atoms with Crippen LogP contribution in [0.1, 0.15) is 12.8 Å². The number of likely N-dealkylation sites (tertiary alicyclic amines) is 1. The monoisotopic (exact) mass is 360 g/mol. The smallest absolute Gasteiger partial charge is 0.190 e. The molecule has 0 unspecified atom stereocenters. The molecule has 0 amide bonds. The van der Waals surface area contributed by atoms with Crippen molar-refractivity contribution in [1.29, 1.82) is 0 Å². The van der Waals surface area contributed by atoms with Crippen molar-refractivity contribution >= 4 is 22.4 Å². The highest BCUT2D eigenvalue weighted by molar-refractivity contribution is 5.98. The third-order valence-electron chi connectivity index (χ3n) is 4.87. The van der Waals surface area contributed by atoms with E-state index >= 15 is 0 Å². The normalized spacial score (nSPS) is 17.6. The van der Waals surface area contributed by atoms with E-state index in [1.54, 1.807) is 18.3 Å². The number of nitrogens with one attached hydrogen (secondary N) is 1. The summed E-state index contributed by atoms with van der Waals surface area (Å²) in [5.74, 6) is 0.671. The van der Waals surface area contributed by atoms with Crippen molar-refractivity contribution in [3.05, 3.63) is 47.9 Å². The number of benzene rings is 1. The molecule has 1 atom stereocenters. The fourth-order valence-corrected chi connectivity index (χ4v) is 3.55. The fourth-order valence-electron chi connectivity index (χ4n) is 3.55. The Bertz CT molecular complexity index is 1030. The molecule has 1 aromatic carbocycles. The van der Waals surface area contributed by atoms with Gasteiger partial charge in [0, 0.05) is 29.7 Å². The van der Waals surface area contributed by atoms with Gasteiger partial charge in [-0.1, -0.05) is 12.1 Å². The molecule has 3 aromatic rings. The number of aromatic nitrogens is 3. The fraction of sp³-hybridized carbons (Fsp3) is 0.300. The molecule has 1 aliphatic rings. The van der Waals surface area contributed by atoms with Gasteiger partial charge >= 0.3 is 0 Å². The SMILES string of the molecule is [C-]#[N+]c1ccc(-c2nnc(N[C@@H]3CCCN(C)C3)c3ncccc23)c(O)c1. The van der Waals surface area contributed by atoms with Gasteiger partial charge in [-0.05, 0) is 44.6 Å². The molecule has 27 heavy (non-hydrogen) atoms. The minimum absolute atomic E-state index is 0.0116. The van der Waals surface area contributed by atoms with E-state index in [9.17, 15) is 5.11 Å². The standard InChI is InChI=1S/C20H20N6O/c1-21-13-7-8-15(17(27)11-13)18-16-6-3-9-22-19(16)20(25-24-18)23-14-5-4-10-26(2)12-14/h3,6-9,11,14,27H,4-5,10,12H2,2H3,(H,23,25)/t14-/m1/s1. The van der Waals surface area contributed by atoms with Crippen LogP contribution in [0, 0.1) is 6.57 Å². The Morgan fingerprint density at radius 3 is 2.96 bits per heavy atom. The molecule has 0 radical (unpaired) electrons. The number of nitrogens with zero attached hydrogens (tertiary/aromatic N) is 5. The Kier molecular flexibility index (Phi) is 4.57. The molecule has 1 aliphatic heterocycles. The summed E-state index contributed by atoms with van der Waals surface area (Å²) < 4.78 is 0. The Morgan fingerprint density at radius 1 is 1.30 bits per heavy atom. The van der Waals surface area contributed by atoms with E-state index < -0.39 is 0 Å². The van der Waals surface area contributed by atoms with Crippen LogP contribution in [0.25, 0.3) is 27.0 Å². The molecule has 4 rings (SSSR count). The zero-order chi connectivity index (χ0) is 18.8. The quantitative estimate of drug-likeness (QED) is 0.697. The molecule has 0 saturated carbocycles. The van der Waals surface area contributed by atoms with Gasteiger partial charge in [-0.15, -0.1) is 10.2 Å². The lowest BCUT2D eigenvalue weighted by molar-refractivity contribution is 0.261. The number of hydrogen-bond acceptors (Lipinski definition) is 6. The highest BCUT2D eigenvalue weighted by Gasteiger charge is 2.20. The Balaban J connectivity index is 1.76. The number of pyridine rings is 1. The number of anilines is 1. The minimum atomic E-state index is 0.0116. The molecule has 1 saturated heterocycles. The van der Waals surface area contributed by atoms with E-state index in [4.69, 9.17) is 6.57 Å². The second-order valence-corrected chi connectivity index (χ2v) is 6.86. The van der Waals surface area contributed by atoms with E-state index in [1.807, 2.05) is 12.1 Å². The summed E-state index contributed by atoms with van der Waals surface area (Å²) in [6.45, 7) is 9.14. The van der Waals surface area contributed by atoms with Crippen molar-refractivity contribution in [2.45, 2.75) is 18.9 Å². The second-order valence-electron chi connectivity index (χ2n) is 6.86. The summed E-state index contributed by atoms with van der Waals surface area (Å²) >= 11 is 0. The Labute approximate surface area is 157 Å². The van der Waals surface area contributed by atoms with Crippen molar-refractivity contribution in [1.82, 2.24) is 20.1 Å². The molecule has 0 spiro atoms. The van der Waals surface area contributed by atoms with Crippen molar-refractivity contribution in [2.75, 3.05) is 25.5 Å². The minimum Gasteiger partial charge on any atom is -0.509 e. The van der Waals surface area contributed by atoms with Crippen LogP contribution >= 0.6 is 0 Å². The number of fused-ring (bicyclic) bond motifs is 1. The number of phenols is 1. The average molecular weight is 360 g/mol. The number of phenolic OH excluding ortho intramolecular Hbond substituents is 1. The van der Waals surface area contributed by atoms with Crippen molar-refractivity contribution in [3.8, 4) is 17.0 Å². The molecule has 2 N–H and O–H groups in total. The summed E-state index contributed by atoms with van der Waals surface area (Å²) in [4.78, 5) is 10.1. The second kappa shape index (κ2) is 7.17. The van der Waals surface area contributed by atoms with Gasteiger partial charge < -0.3 is 15.3 Å². The van der Waals surface area contributed by atoms with E-state index in [2.05, 4.69) is 37.3 Å². The van der Waals surface area contributed by atoms with Gasteiger partial charge in [-0.3, -0.25) is 4.98 Å². The lowest BCUT2D eigenvalue weighted by atomic mass is 10.0. The molecule has 1 fully saturated rings. The molecule has 0 bridgehead atoms. The van der Waals surface area contributed by atoms with E-state index in [-0.39, 0.29) is 5.75 Å². The summed E-state index contributed by atoms with van der Waals surface area (Å²) in [5.41, 5.74) is 2.20. The highest BCUT2D eigenvalue weighted by atomic mass is 16.3. The first kappa shape index (κ1) is 17.2. The molecule has 0 aliphatic carbocycles. The van der Waals surface area contributed by atoms with Gasteiger partial charge in [0.15, 0.2) is 11.5 Å². The van der Waals surface area contributed by atoms with Crippen LogP contribution < -0.4 is 5.32 Å². The predicted molar refractivity (Wildman–Crippen MR) is 105 cm³/mol. The predicted octanol–water partition coefficient (Wildman–Crippen LogP) is 3.45. The topological polar surface area (TPSA) is 78.5 Å². The lowest BCUT2D eigenvalue weighted by Crippen LogP contribution is -2.40. The molecular weight excluding hydrogens is 340 g/mol. The maximum Gasteiger partial charge on any atom is 0.190 e. The van der Waals surface area contributed by atoms with Crippen LogP contribution in [-0.4, -0.2) is 51.4 Å². The third kappa shape index (κ3) is 3.39. The van der Waals surface area contributed by atoms with Crippen molar-refractivity contribution in [2.24, 2.45) is 0 Å². The molecule has 136 valence electrons. The zero-order valence-electron chi connectivity index (χ0n) is 15.1. The van der Waals surface area contributed by atoms with Crippen LogP contribution in [0.15, 0.2) is 36.5 Å². The zero-order valence-corrected chi connectivity index (χ0v) is 15.1. The largest absolute Gasteiger partial charge is 0.509 e. The maximum absolute atomic E-state index is 10.3. The van der Waals surface area contributed by atoms with E-state index in [1.165, 1.54) is 6.07 Å². The first-order chi connectivity index (χ1) is 13.2. The van der Waals surface area contributed by atoms with Gasteiger partial charge in [0.1, 0.15) is 17.0 Å². The number of rotatable bonds is 3. The van der Waals surface area contributed by atoms with Gasteiger partial charge in [0.25, 0.3) is 0 Å². The van der Waals surface area contributed by atoms with Gasteiger partial charge in [-0.2, -0.15) is 0 Å². The van der Waals surface area contributed by atoms with Crippen molar-refractivity contribution in [3.63, 3.8) is 0 Å². The molecule has 7 heteroatoms. The average Bonchev–Trinajstić information content (AvgIpc) is 2.68. The van der Waals surface area contributed by atoms with E-state index in [0.29, 0.717) is 28.8 Å². The Morgan fingerprint density at radius 2 is 2.19 bits per heavy atom. The summed E-state index contributed by atoms with van der Waals surface area (Å²) in [7, 11) is 2.12. The van der Waals surface area contributed by atoms with Crippen LogP contribution in [0.3, 0.4) is 0 Å². The van der Waals surface area contributed by atoms with Crippen LogP contribution in [0.2, 0.25) is 0 Å². The Hall–Kier alpha value is -3.24. The summed E-state index contributed by atoms with van der Waals surface area (Å²) in [5, 5.41) is 23.4. The van der Waals surface area contributed by atoms with Crippen LogP contribution in [0.5, 0.6) is 5.75 Å². The van der Waals surface area contributed by atoms with Crippen LogP contribution in [0.4, 0.5) is 11.5 Å². The highest BCUT2D eigenvalue weighted by Crippen LogP contribution is 2.36. The van der Waals surface area contributed by atoms with Gasteiger partial charge in [0.05, 0.1) is 6.57 Å². The summed E-state index contributed by atoms with van der Waals surface area (Å²) in [6, 6.07) is 8.87. The van der Waals surface area contributed by atoms with Crippen LogP contribution in [-0.2, 0) is 0 Å². The number of piperidine rings is 1. The maximum atomic E-state index is 10.3.